The summed E-state index contributed by atoms with van der Waals surface area (Å²) in [5.41, 5.74) is 0.992. The van der Waals surface area contributed by atoms with Gasteiger partial charge >= 0.3 is 0 Å². The molecule has 24 heavy (non-hydrogen) atoms. The molecule has 0 atom stereocenters. The van der Waals surface area contributed by atoms with E-state index in [-0.39, 0.29) is 11.6 Å². The Labute approximate surface area is 163 Å². The molecule has 3 aromatic rings. The van der Waals surface area contributed by atoms with Gasteiger partial charge in [-0.05, 0) is 44.0 Å². The lowest BCUT2D eigenvalue weighted by molar-refractivity contribution is 0.102. The van der Waals surface area contributed by atoms with Gasteiger partial charge in [0.25, 0.3) is 5.91 Å². The Morgan fingerprint density at radius 2 is 1.96 bits per heavy atom. The van der Waals surface area contributed by atoms with E-state index in [0.717, 1.165) is 5.56 Å². The van der Waals surface area contributed by atoms with Crippen molar-refractivity contribution in [1.82, 2.24) is 20.0 Å². The lowest BCUT2D eigenvalue weighted by atomic mass is 10.2. The highest BCUT2D eigenvalue weighted by atomic mass is 79.9. The Morgan fingerprint density at radius 3 is 2.58 bits per heavy atom. The van der Waals surface area contributed by atoms with Crippen LogP contribution in [-0.4, -0.2) is 25.9 Å². The van der Waals surface area contributed by atoms with E-state index in [1.165, 1.54) is 0 Å². The molecule has 0 aliphatic carbocycles. The largest absolute Gasteiger partial charge is 0.304 e. The molecular formula is C14H9Br2Cl2N5O. The van der Waals surface area contributed by atoms with Gasteiger partial charge in [0.2, 0.25) is 0 Å². The first kappa shape index (κ1) is 17.5. The highest BCUT2D eigenvalue weighted by Crippen LogP contribution is 2.26. The summed E-state index contributed by atoms with van der Waals surface area (Å²) in [6.07, 6.45) is 1.73. The number of amides is 1. The van der Waals surface area contributed by atoms with Gasteiger partial charge in [0.15, 0.2) is 11.5 Å². The third-order valence-electron chi connectivity index (χ3n) is 3.15. The number of aromatic amines is 1. The van der Waals surface area contributed by atoms with Crippen molar-refractivity contribution in [1.29, 1.82) is 0 Å². The van der Waals surface area contributed by atoms with E-state index in [2.05, 4.69) is 52.5 Å². The van der Waals surface area contributed by atoms with Gasteiger partial charge in [0.1, 0.15) is 4.60 Å². The maximum Gasteiger partial charge on any atom is 0.278 e. The van der Waals surface area contributed by atoms with Gasteiger partial charge in [0, 0.05) is 27.9 Å². The van der Waals surface area contributed by atoms with E-state index in [4.69, 9.17) is 23.2 Å². The van der Waals surface area contributed by atoms with Crippen LogP contribution in [0.1, 0.15) is 16.1 Å². The van der Waals surface area contributed by atoms with Crippen LogP contribution in [-0.2, 0) is 6.54 Å². The Bertz CT molecular complexity index is 888. The number of hydrogen-bond acceptors (Lipinski definition) is 3. The van der Waals surface area contributed by atoms with Crippen LogP contribution in [0, 0.1) is 0 Å². The second-order valence-corrected chi connectivity index (χ2v) is 7.15. The Kier molecular flexibility index (Phi) is 5.29. The number of H-pyrrole nitrogens is 1. The number of anilines is 1. The normalized spacial score (nSPS) is 10.8. The zero-order chi connectivity index (χ0) is 17.3. The summed E-state index contributed by atoms with van der Waals surface area (Å²) in [7, 11) is 0. The number of carbonyl (C=O) groups excluding carboxylic acids is 1. The maximum absolute atomic E-state index is 12.2. The van der Waals surface area contributed by atoms with Crippen LogP contribution in [0.4, 0.5) is 5.82 Å². The minimum Gasteiger partial charge on any atom is -0.304 e. The molecule has 0 saturated carbocycles. The molecule has 0 spiro atoms. The average Bonchev–Trinajstić information content (AvgIpc) is 3.11. The minimum absolute atomic E-state index is 0.227. The third-order valence-corrected chi connectivity index (χ3v) is 5.73. The number of rotatable bonds is 4. The standard InChI is InChI=1S/C14H9Br2Cl2N5O/c15-11-12(20-21-13(11)16)14(24)19-10-4-5-23(22-10)6-7-8(17)2-1-3-9(7)18/h1-5H,6H2,(H,20,21)(H,19,22,24). The van der Waals surface area contributed by atoms with Crippen molar-refractivity contribution in [2.24, 2.45) is 0 Å². The maximum atomic E-state index is 12.2. The topological polar surface area (TPSA) is 75.6 Å². The third kappa shape index (κ3) is 3.66. The van der Waals surface area contributed by atoms with Crippen molar-refractivity contribution < 1.29 is 4.79 Å². The highest BCUT2D eigenvalue weighted by Gasteiger charge is 2.17. The van der Waals surface area contributed by atoms with Crippen molar-refractivity contribution in [3.8, 4) is 0 Å². The molecule has 0 saturated heterocycles. The van der Waals surface area contributed by atoms with Gasteiger partial charge in [-0.25, -0.2) is 0 Å². The summed E-state index contributed by atoms with van der Waals surface area (Å²) >= 11 is 18.8. The summed E-state index contributed by atoms with van der Waals surface area (Å²) in [6, 6.07) is 6.99. The fourth-order valence-corrected chi connectivity index (χ4v) is 3.15. The summed E-state index contributed by atoms with van der Waals surface area (Å²) in [6.45, 7) is 0.395. The van der Waals surface area contributed by atoms with E-state index in [0.29, 0.717) is 31.5 Å². The molecule has 6 nitrogen and oxygen atoms in total. The molecule has 0 fully saturated rings. The first-order valence-corrected chi connectivity index (χ1v) is 8.97. The smallest absolute Gasteiger partial charge is 0.278 e. The van der Waals surface area contributed by atoms with Gasteiger partial charge < -0.3 is 5.32 Å². The van der Waals surface area contributed by atoms with Crippen LogP contribution in [0.25, 0.3) is 0 Å². The van der Waals surface area contributed by atoms with Gasteiger partial charge in [-0.2, -0.15) is 10.2 Å². The van der Waals surface area contributed by atoms with Gasteiger partial charge in [-0.3, -0.25) is 14.6 Å². The molecule has 0 aliphatic rings. The number of benzene rings is 1. The van der Waals surface area contributed by atoms with E-state index >= 15 is 0 Å². The molecule has 3 rings (SSSR count). The summed E-state index contributed by atoms with van der Waals surface area (Å²) in [5, 5.41) is 14.7. The second-order valence-electron chi connectivity index (χ2n) is 4.75. The van der Waals surface area contributed by atoms with E-state index < -0.39 is 0 Å². The molecule has 2 heterocycles. The van der Waals surface area contributed by atoms with Crippen molar-refractivity contribution in [2.75, 3.05) is 5.32 Å². The molecule has 0 bridgehead atoms. The van der Waals surface area contributed by atoms with Crippen molar-refractivity contribution >= 4 is 66.8 Å². The van der Waals surface area contributed by atoms with Crippen LogP contribution < -0.4 is 5.32 Å². The molecule has 1 amide bonds. The minimum atomic E-state index is -0.384. The molecule has 0 aliphatic heterocycles. The van der Waals surface area contributed by atoms with E-state index in [9.17, 15) is 4.79 Å². The lowest BCUT2D eigenvalue weighted by Crippen LogP contribution is -2.14. The van der Waals surface area contributed by atoms with Crippen molar-refractivity contribution in [2.45, 2.75) is 6.54 Å². The van der Waals surface area contributed by atoms with Crippen LogP contribution in [0.2, 0.25) is 10.0 Å². The molecule has 124 valence electrons. The summed E-state index contributed by atoms with van der Waals surface area (Å²) < 4.78 is 2.77. The Hall–Kier alpha value is -1.35. The SMILES string of the molecule is O=C(Nc1ccn(Cc2c(Cl)cccc2Cl)n1)c1n[nH]c(Br)c1Br. The fraction of sp³-hybridized carbons (Fsp3) is 0.0714. The lowest BCUT2D eigenvalue weighted by Gasteiger charge is -2.07. The van der Waals surface area contributed by atoms with Gasteiger partial charge in [-0.1, -0.05) is 29.3 Å². The molecular weight excluding hydrogens is 485 g/mol. The molecule has 2 aromatic heterocycles. The van der Waals surface area contributed by atoms with Crippen LogP contribution in [0.3, 0.4) is 0 Å². The van der Waals surface area contributed by atoms with Gasteiger partial charge in [-0.15, -0.1) is 0 Å². The Morgan fingerprint density at radius 1 is 1.25 bits per heavy atom. The zero-order valence-electron chi connectivity index (χ0n) is 11.9. The summed E-state index contributed by atoms with van der Waals surface area (Å²) in [4.78, 5) is 12.2. The van der Waals surface area contributed by atoms with E-state index in [1.54, 1.807) is 35.1 Å². The number of hydrogen-bond donors (Lipinski definition) is 2. The predicted molar refractivity (Wildman–Crippen MR) is 99.7 cm³/mol. The van der Waals surface area contributed by atoms with Crippen LogP contribution in [0.15, 0.2) is 39.5 Å². The number of nitrogens with zero attached hydrogens (tertiary/aromatic N) is 3. The summed E-state index contributed by atoms with van der Waals surface area (Å²) in [5.74, 6) is 0.0130. The first-order valence-electron chi connectivity index (χ1n) is 6.62. The molecule has 10 heteroatoms. The fourth-order valence-electron chi connectivity index (χ4n) is 1.99. The van der Waals surface area contributed by atoms with Crippen LogP contribution in [0.5, 0.6) is 0 Å². The molecule has 1 aromatic carbocycles. The zero-order valence-corrected chi connectivity index (χ0v) is 16.5. The number of aromatic nitrogens is 4. The first-order chi connectivity index (χ1) is 11.5. The molecule has 0 radical (unpaired) electrons. The quantitative estimate of drug-likeness (QED) is 0.551. The number of nitrogens with one attached hydrogen (secondary N) is 2. The van der Waals surface area contributed by atoms with Crippen molar-refractivity contribution in [3.05, 3.63) is 60.8 Å². The second kappa shape index (κ2) is 7.26. The van der Waals surface area contributed by atoms with Crippen molar-refractivity contribution in [3.63, 3.8) is 0 Å². The van der Waals surface area contributed by atoms with Crippen LogP contribution >= 0.6 is 55.1 Å². The average molecular weight is 494 g/mol. The highest BCUT2D eigenvalue weighted by molar-refractivity contribution is 9.13. The number of halogens is 4. The molecule has 2 N–H and O–H groups in total. The number of carbonyl (C=O) groups is 1. The van der Waals surface area contributed by atoms with E-state index in [1.807, 2.05) is 0 Å². The monoisotopic (exact) mass is 491 g/mol. The Balaban J connectivity index is 1.74. The van der Waals surface area contributed by atoms with Gasteiger partial charge in [0.05, 0.1) is 11.0 Å². The molecule has 0 unspecified atom stereocenters. The predicted octanol–water partition coefficient (Wildman–Crippen LogP) is 4.74.